The van der Waals surface area contributed by atoms with Crippen molar-refractivity contribution in [3.63, 3.8) is 0 Å². The van der Waals surface area contributed by atoms with E-state index in [2.05, 4.69) is 26.2 Å². The van der Waals surface area contributed by atoms with E-state index in [1.165, 1.54) is 19.2 Å². The van der Waals surface area contributed by atoms with Gasteiger partial charge >= 0.3 is 0 Å². The predicted octanol–water partition coefficient (Wildman–Crippen LogP) is 4.59. The average Bonchev–Trinajstić information content (AvgIpc) is 2.49. The summed E-state index contributed by atoms with van der Waals surface area (Å²) in [6, 6.07) is 11.5. The minimum Gasteiger partial charge on any atom is -0.504 e. The summed E-state index contributed by atoms with van der Waals surface area (Å²) in [5, 5.41) is 13.5. The number of hydrogen-bond donors (Lipinski definition) is 2. The third-order valence-corrected chi connectivity index (χ3v) is 3.68. The Labute approximate surface area is 134 Å². The molecular weight excluding hydrogens is 351 g/mol. The highest BCUT2D eigenvalue weighted by molar-refractivity contribution is 9.10. The zero-order valence-electron chi connectivity index (χ0n) is 11.6. The Bertz CT molecular complexity index is 855. The molecule has 0 atom stereocenters. The number of rotatable bonds is 3. The van der Waals surface area contributed by atoms with Crippen LogP contribution in [0.3, 0.4) is 0 Å². The Kier molecular flexibility index (Phi) is 3.85. The van der Waals surface area contributed by atoms with E-state index in [1.54, 1.807) is 24.3 Å². The van der Waals surface area contributed by atoms with E-state index >= 15 is 0 Å². The number of aromatic hydroxyl groups is 1. The molecule has 112 valence electrons. The quantitative estimate of drug-likeness (QED) is 0.715. The van der Waals surface area contributed by atoms with Crippen molar-refractivity contribution in [1.29, 1.82) is 0 Å². The van der Waals surface area contributed by atoms with Gasteiger partial charge in [-0.05, 0) is 36.4 Å². The molecule has 0 unspecified atom stereocenters. The minimum absolute atomic E-state index is 0.00877. The molecule has 0 fully saturated rings. The van der Waals surface area contributed by atoms with Crippen LogP contribution in [-0.4, -0.2) is 17.2 Å². The third kappa shape index (κ3) is 2.82. The molecule has 0 radical (unpaired) electrons. The molecule has 2 aromatic carbocycles. The Morgan fingerprint density at radius 1 is 1.18 bits per heavy atom. The highest BCUT2D eigenvalue weighted by Crippen LogP contribution is 2.31. The van der Waals surface area contributed by atoms with Gasteiger partial charge < -0.3 is 15.2 Å². The lowest BCUT2D eigenvalue weighted by Crippen LogP contribution is -1.96. The molecule has 4 nitrogen and oxygen atoms in total. The Morgan fingerprint density at radius 2 is 2.00 bits per heavy atom. The summed E-state index contributed by atoms with van der Waals surface area (Å²) in [4.78, 5) is 4.37. The fourth-order valence-corrected chi connectivity index (χ4v) is 2.43. The number of ether oxygens (including phenoxy) is 1. The first-order valence-corrected chi connectivity index (χ1v) is 7.26. The first-order valence-electron chi connectivity index (χ1n) is 6.46. The second-order valence-electron chi connectivity index (χ2n) is 4.66. The molecule has 0 spiro atoms. The van der Waals surface area contributed by atoms with E-state index in [4.69, 9.17) is 4.74 Å². The number of nitrogens with one attached hydrogen (secondary N) is 1. The SMILES string of the molecule is COc1cc2ccc(Nc3ccc(Br)cc3F)nc2cc1O. The summed E-state index contributed by atoms with van der Waals surface area (Å²) in [5.41, 5.74) is 0.911. The van der Waals surface area contributed by atoms with Gasteiger partial charge in [0.25, 0.3) is 0 Å². The Hall–Kier alpha value is -2.34. The van der Waals surface area contributed by atoms with Gasteiger partial charge in [0.1, 0.15) is 11.6 Å². The van der Waals surface area contributed by atoms with E-state index in [0.29, 0.717) is 27.2 Å². The summed E-state index contributed by atoms with van der Waals surface area (Å²) in [6.07, 6.45) is 0. The molecule has 3 rings (SSSR count). The maximum atomic E-state index is 13.8. The molecule has 1 aromatic heterocycles. The fourth-order valence-electron chi connectivity index (χ4n) is 2.10. The van der Waals surface area contributed by atoms with Gasteiger partial charge in [0, 0.05) is 15.9 Å². The van der Waals surface area contributed by atoms with Crippen LogP contribution in [0.2, 0.25) is 0 Å². The molecule has 2 N–H and O–H groups in total. The van der Waals surface area contributed by atoms with Crippen LogP contribution in [0.15, 0.2) is 46.9 Å². The summed E-state index contributed by atoms with van der Waals surface area (Å²) < 4.78 is 19.6. The lowest BCUT2D eigenvalue weighted by Gasteiger charge is -2.09. The number of anilines is 2. The lowest BCUT2D eigenvalue weighted by atomic mass is 10.2. The summed E-state index contributed by atoms with van der Waals surface area (Å²) in [7, 11) is 1.49. The van der Waals surface area contributed by atoms with E-state index in [9.17, 15) is 9.50 Å². The fraction of sp³-hybridized carbons (Fsp3) is 0.0625. The van der Waals surface area contributed by atoms with Crippen LogP contribution in [0, 0.1) is 5.82 Å². The third-order valence-electron chi connectivity index (χ3n) is 3.18. The first-order chi connectivity index (χ1) is 10.6. The first kappa shape index (κ1) is 14.6. The van der Waals surface area contributed by atoms with Gasteiger partial charge in [0.2, 0.25) is 0 Å². The zero-order valence-corrected chi connectivity index (χ0v) is 13.2. The highest BCUT2D eigenvalue weighted by Gasteiger charge is 2.08. The van der Waals surface area contributed by atoms with Crippen LogP contribution in [0.25, 0.3) is 10.9 Å². The molecule has 0 bridgehead atoms. The predicted molar refractivity (Wildman–Crippen MR) is 87.3 cm³/mol. The zero-order chi connectivity index (χ0) is 15.7. The molecule has 3 aromatic rings. The number of pyridine rings is 1. The van der Waals surface area contributed by atoms with Gasteiger partial charge in [-0.15, -0.1) is 0 Å². The number of phenols is 1. The Balaban J connectivity index is 1.98. The molecule has 0 aliphatic rings. The van der Waals surface area contributed by atoms with E-state index in [1.807, 2.05) is 6.07 Å². The van der Waals surface area contributed by atoms with Crippen molar-refractivity contribution in [3.8, 4) is 11.5 Å². The average molecular weight is 363 g/mol. The van der Waals surface area contributed by atoms with Gasteiger partial charge in [-0.3, -0.25) is 0 Å². The number of fused-ring (bicyclic) bond motifs is 1. The van der Waals surface area contributed by atoms with Gasteiger partial charge in [-0.2, -0.15) is 0 Å². The maximum Gasteiger partial charge on any atom is 0.161 e. The topological polar surface area (TPSA) is 54.4 Å². The van der Waals surface area contributed by atoms with E-state index in [0.717, 1.165) is 5.39 Å². The number of benzene rings is 2. The normalized spacial score (nSPS) is 10.7. The molecule has 22 heavy (non-hydrogen) atoms. The van der Waals surface area contributed by atoms with Crippen LogP contribution in [0.4, 0.5) is 15.9 Å². The summed E-state index contributed by atoms with van der Waals surface area (Å²) in [5.74, 6) is 0.496. The van der Waals surface area contributed by atoms with E-state index < -0.39 is 0 Å². The summed E-state index contributed by atoms with van der Waals surface area (Å²) in [6.45, 7) is 0. The van der Waals surface area contributed by atoms with Crippen molar-refractivity contribution in [2.75, 3.05) is 12.4 Å². The molecular formula is C16H12BrFN2O2. The molecule has 0 saturated carbocycles. The maximum absolute atomic E-state index is 13.8. The van der Waals surface area contributed by atoms with Crippen molar-refractivity contribution in [1.82, 2.24) is 4.98 Å². The number of nitrogens with zero attached hydrogens (tertiary/aromatic N) is 1. The standard InChI is InChI=1S/C16H12BrFN2O2/c1-22-15-6-9-2-5-16(20-13(9)8-14(15)21)19-12-4-3-10(17)7-11(12)18/h2-8,21H,1H3,(H,19,20). The smallest absolute Gasteiger partial charge is 0.161 e. The van der Waals surface area contributed by atoms with Gasteiger partial charge in [0.05, 0.1) is 18.3 Å². The monoisotopic (exact) mass is 362 g/mol. The molecule has 1 heterocycles. The minimum atomic E-state index is -0.381. The number of phenolic OH excluding ortho intramolecular Hbond substituents is 1. The van der Waals surface area contributed by atoms with Gasteiger partial charge in [-0.25, -0.2) is 9.37 Å². The number of aromatic nitrogens is 1. The van der Waals surface area contributed by atoms with Crippen LogP contribution in [0.5, 0.6) is 11.5 Å². The molecule has 0 amide bonds. The summed E-state index contributed by atoms with van der Waals surface area (Å²) >= 11 is 3.21. The Morgan fingerprint density at radius 3 is 2.73 bits per heavy atom. The second-order valence-corrected chi connectivity index (χ2v) is 5.58. The molecule has 0 saturated heterocycles. The number of hydrogen-bond acceptors (Lipinski definition) is 4. The largest absolute Gasteiger partial charge is 0.504 e. The molecule has 0 aliphatic heterocycles. The van der Waals surface area contributed by atoms with Crippen LogP contribution >= 0.6 is 15.9 Å². The van der Waals surface area contributed by atoms with Gasteiger partial charge in [0.15, 0.2) is 11.5 Å². The van der Waals surface area contributed by atoms with Crippen molar-refractivity contribution < 1.29 is 14.2 Å². The lowest BCUT2D eigenvalue weighted by molar-refractivity contribution is 0.374. The molecule has 6 heteroatoms. The highest BCUT2D eigenvalue weighted by atomic mass is 79.9. The van der Waals surface area contributed by atoms with Gasteiger partial charge in [-0.1, -0.05) is 15.9 Å². The van der Waals surface area contributed by atoms with Crippen LogP contribution in [-0.2, 0) is 0 Å². The van der Waals surface area contributed by atoms with Crippen molar-refractivity contribution in [2.24, 2.45) is 0 Å². The van der Waals surface area contributed by atoms with Crippen LogP contribution < -0.4 is 10.1 Å². The van der Waals surface area contributed by atoms with Crippen LogP contribution in [0.1, 0.15) is 0 Å². The van der Waals surface area contributed by atoms with E-state index in [-0.39, 0.29) is 11.6 Å². The van der Waals surface area contributed by atoms with Crippen molar-refractivity contribution in [3.05, 3.63) is 52.8 Å². The second kappa shape index (κ2) is 5.81. The molecule has 0 aliphatic carbocycles. The number of halogens is 2. The number of methoxy groups -OCH3 is 1. The van der Waals surface area contributed by atoms with Crippen molar-refractivity contribution >= 4 is 38.3 Å². The van der Waals surface area contributed by atoms with Crippen molar-refractivity contribution in [2.45, 2.75) is 0 Å².